The molecule has 0 atom stereocenters. The summed E-state index contributed by atoms with van der Waals surface area (Å²) in [5.41, 5.74) is 1.17. The third-order valence-corrected chi connectivity index (χ3v) is 7.64. The summed E-state index contributed by atoms with van der Waals surface area (Å²) in [5.74, 6) is 0.251. The summed E-state index contributed by atoms with van der Waals surface area (Å²) in [6, 6.07) is 8.04. The van der Waals surface area contributed by atoms with Crippen molar-refractivity contribution < 1.29 is 18.0 Å². The van der Waals surface area contributed by atoms with Crippen LogP contribution in [0.4, 0.5) is 0 Å². The van der Waals surface area contributed by atoms with Crippen LogP contribution in [0.2, 0.25) is 0 Å². The molecule has 1 aromatic carbocycles. The Morgan fingerprint density at radius 3 is 2.57 bits per heavy atom. The Bertz CT molecular complexity index is 763. The number of carbonyl (C=O) groups is 2. The van der Waals surface area contributed by atoms with Gasteiger partial charge in [-0.05, 0) is 38.3 Å². The summed E-state index contributed by atoms with van der Waals surface area (Å²) in [7, 11) is -3.61. The quantitative estimate of drug-likeness (QED) is 0.509. The number of carbonyl (C=O) groups excluding carboxylic acids is 2. The molecule has 0 aliphatic carbocycles. The number of sulfonamides is 1. The highest BCUT2D eigenvalue weighted by Crippen LogP contribution is 2.20. The zero-order valence-electron chi connectivity index (χ0n) is 16.7. The molecule has 156 valence electrons. The molecule has 1 fully saturated rings. The van der Waals surface area contributed by atoms with Gasteiger partial charge in [-0.15, -0.1) is 11.8 Å². The largest absolute Gasteiger partial charge is 0.343 e. The summed E-state index contributed by atoms with van der Waals surface area (Å²) in [5, 5.41) is 0. The van der Waals surface area contributed by atoms with Crippen LogP contribution in [0.3, 0.4) is 0 Å². The van der Waals surface area contributed by atoms with Gasteiger partial charge >= 0.3 is 0 Å². The number of hydrogen-bond acceptors (Lipinski definition) is 5. The van der Waals surface area contributed by atoms with Crippen LogP contribution in [0.15, 0.2) is 29.2 Å². The summed E-state index contributed by atoms with van der Waals surface area (Å²) in [6.07, 6.45) is 2.53. The third-order valence-electron chi connectivity index (χ3n) is 4.64. The molecule has 0 bridgehead atoms. The van der Waals surface area contributed by atoms with E-state index >= 15 is 0 Å². The van der Waals surface area contributed by atoms with Gasteiger partial charge in [-0.2, -0.15) is 0 Å². The van der Waals surface area contributed by atoms with Gasteiger partial charge in [0.05, 0.1) is 5.75 Å². The molecular formula is C20H30N2O4S2. The van der Waals surface area contributed by atoms with Crippen molar-refractivity contribution in [3.63, 3.8) is 0 Å². The van der Waals surface area contributed by atoms with Crippen molar-refractivity contribution in [1.82, 2.24) is 9.21 Å². The molecular weight excluding hydrogens is 396 g/mol. The predicted octanol–water partition coefficient (Wildman–Crippen LogP) is 3.06. The topological polar surface area (TPSA) is 74.8 Å². The third kappa shape index (κ3) is 6.81. The first-order valence-corrected chi connectivity index (χ1v) is 12.4. The fraction of sp³-hybridized carbons (Fsp3) is 0.600. The van der Waals surface area contributed by atoms with Crippen molar-refractivity contribution >= 4 is 33.6 Å². The molecule has 28 heavy (non-hydrogen) atoms. The molecule has 8 heteroatoms. The van der Waals surface area contributed by atoms with E-state index in [1.807, 2.05) is 31.2 Å². The molecule has 1 saturated heterocycles. The summed E-state index contributed by atoms with van der Waals surface area (Å²) in [6.45, 7) is 5.17. The van der Waals surface area contributed by atoms with Gasteiger partial charge in [0.15, 0.2) is 0 Å². The van der Waals surface area contributed by atoms with E-state index < -0.39 is 10.0 Å². The van der Waals surface area contributed by atoms with Crippen LogP contribution in [0.25, 0.3) is 0 Å². The van der Waals surface area contributed by atoms with E-state index in [0.29, 0.717) is 31.6 Å². The number of thioether (sulfide) groups is 1. The molecule has 1 aliphatic heterocycles. The Morgan fingerprint density at radius 2 is 1.96 bits per heavy atom. The van der Waals surface area contributed by atoms with Gasteiger partial charge in [-0.25, -0.2) is 12.7 Å². The van der Waals surface area contributed by atoms with Gasteiger partial charge in [0.2, 0.25) is 21.8 Å². The van der Waals surface area contributed by atoms with Gasteiger partial charge in [-0.1, -0.05) is 24.6 Å². The summed E-state index contributed by atoms with van der Waals surface area (Å²) >= 11 is 1.55. The first-order valence-electron chi connectivity index (χ1n) is 9.84. The number of hydrogen-bond donors (Lipinski definition) is 0. The molecule has 0 unspecified atom stereocenters. The molecule has 2 amide bonds. The maximum atomic E-state index is 12.7. The Kier molecular flexibility index (Phi) is 8.82. The second-order valence-corrected chi connectivity index (χ2v) is 10.2. The first-order chi connectivity index (χ1) is 13.3. The average Bonchev–Trinajstić information content (AvgIpc) is 3.05. The number of benzene rings is 1. The molecule has 0 radical (unpaired) electrons. The minimum atomic E-state index is -3.61. The van der Waals surface area contributed by atoms with Crippen molar-refractivity contribution in [2.45, 2.75) is 50.8 Å². The minimum Gasteiger partial charge on any atom is -0.343 e. The molecule has 0 spiro atoms. The highest BCUT2D eigenvalue weighted by atomic mass is 32.2. The average molecular weight is 427 g/mol. The van der Waals surface area contributed by atoms with Gasteiger partial charge in [0.1, 0.15) is 0 Å². The molecule has 1 heterocycles. The monoisotopic (exact) mass is 426 g/mol. The first kappa shape index (κ1) is 22.7. The standard InChI is InChI=1S/C20H30N2O4S2/c1-3-16-28(25,26)22(14-5-13-21-12-4-6-19(21)23)20(24)11-15-27-18-9-7-17(2)8-10-18/h7-10H,3-6,11-16H2,1-2H3. The minimum absolute atomic E-state index is 0.0352. The number of nitrogens with zero attached hydrogens (tertiary/aromatic N) is 2. The van der Waals surface area contributed by atoms with Gasteiger partial charge < -0.3 is 4.90 Å². The van der Waals surface area contributed by atoms with Crippen molar-refractivity contribution in [3.8, 4) is 0 Å². The maximum absolute atomic E-state index is 12.7. The number of likely N-dealkylation sites (tertiary alicyclic amines) is 1. The Labute approximate surface area is 172 Å². The van der Waals surface area contributed by atoms with Crippen LogP contribution < -0.4 is 0 Å². The lowest BCUT2D eigenvalue weighted by Gasteiger charge is -2.24. The molecule has 0 aromatic heterocycles. The lowest BCUT2D eigenvalue weighted by Crippen LogP contribution is -2.40. The van der Waals surface area contributed by atoms with Crippen molar-refractivity contribution in [3.05, 3.63) is 29.8 Å². The molecule has 6 nitrogen and oxygen atoms in total. The lowest BCUT2D eigenvalue weighted by atomic mass is 10.2. The van der Waals surface area contributed by atoms with Crippen LogP contribution in [0.1, 0.15) is 44.6 Å². The summed E-state index contributed by atoms with van der Waals surface area (Å²) in [4.78, 5) is 27.2. The van der Waals surface area contributed by atoms with Gasteiger partial charge in [0.25, 0.3) is 0 Å². The SMILES string of the molecule is CCCS(=O)(=O)N(CCCN1CCCC1=O)C(=O)CCSc1ccc(C)cc1. The molecule has 1 aliphatic rings. The van der Waals surface area contributed by atoms with E-state index in [9.17, 15) is 18.0 Å². The zero-order chi connectivity index (χ0) is 20.6. The van der Waals surface area contributed by atoms with Crippen LogP contribution in [0, 0.1) is 6.92 Å². The van der Waals surface area contributed by atoms with E-state index in [2.05, 4.69) is 0 Å². The fourth-order valence-corrected chi connectivity index (χ4v) is 5.53. The highest BCUT2D eigenvalue weighted by molar-refractivity contribution is 7.99. The Hall–Kier alpha value is -1.54. The van der Waals surface area contributed by atoms with E-state index in [-0.39, 0.29) is 30.5 Å². The van der Waals surface area contributed by atoms with Crippen molar-refractivity contribution in [1.29, 1.82) is 0 Å². The fourth-order valence-electron chi connectivity index (χ4n) is 3.15. The number of rotatable bonds is 11. The maximum Gasteiger partial charge on any atom is 0.237 e. The van der Waals surface area contributed by atoms with Crippen molar-refractivity contribution in [2.24, 2.45) is 0 Å². The molecule has 2 rings (SSSR count). The smallest absolute Gasteiger partial charge is 0.237 e. The second kappa shape index (κ2) is 10.9. The molecule has 0 N–H and O–H groups in total. The van der Waals surface area contributed by atoms with Gasteiger partial charge in [-0.3, -0.25) is 9.59 Å². The lowest BCUT2D eigenvalue weighted by molar-refractivity contribution is -0.127. The van der Waals surface area contributed by atoms with Crippen LogP contribution in [-0.4, -0.2) is 60.6 Å². The highest BCUT2D eigenvalue weighted by Gasteiger charge is 2.27. The molecule has 1 aromatic rings. The normalized spacial score (nSPS) is 14.5. The van der Waals surface area contributed by atoms with E-state index in [1.54, 1.807) is 23.6 Å². The Morgan fingerprint density at radius 1 is 1.25 bits per heavy atom. The Balaban J connectivity index is 1.90. The van der Waals surface area contributed by atoms with Crippen LogP contribution in [-0.2, 0) is 19.6 Å². The number of amides is 2. The molecule has 0 saturated carbocycles. The summed E-state index contributed by atoms with van der Waals surface area (Å²) < 4.78 is 26.1. The predicted molar refractivity (Wildman–Crippen MR) is 113 cm³/mol. The van der Waals surface area contributed by atoms with Gasteiger partial charge in [0, 0.05) is 43.1 Å². The van der Waals surface area contributed by atoms with E-state index in [0.717, 1.165) is 22.2 Å². The van der Waals surface area contributed by atoms with Crippen LogP contribution >= 0.6 is 11.8 Å². The van der Waals surface area contributed by atoms with E-state index in [4.69, 9.17) is 0 Å². The zero-order valence-corrected chi connectivity index (χ0v) is 18.4. The number of aryl methyl sites for hydroxylation is 1. The van der Waals surface area contributed by atoms with E-state index in [1.165, 1.54) is 5.56 Å². The van der Waals surface area contributed by atoms with Crippen LogP contribution in [0.5, 0.6) is 0 Å². The van der Waals surface area contributed by atoms with Crippen molar-refractivity contribution in [2.75, 3.05) is 31.1 Å². The second-order valence-electron chi connectivity index (χ2n) is 7.03.